The van der Waals surface area contributed by atoms with E-state index in [-0.39, 0.29) is 28.1 Å². The van der Waals surface area contributed by atoms with Gasteiger partial charge in [0.1, 0.15) is 0 Å². The molecule has 2 unspecified atom stereocenters. The number of benzene rings is 1. The third kappa shape index (κ3) is 4.57. The van der Waals surface area contributed by atoms with Crippen LogP contribution in [0.2, 0.25) is 0 Å². The van der Waals surface area contributed by atoms with Crippen molar-refractivity contribution < 1.29 is 13.2 Å². The van der Waals surface area contributed by atoms with Gasteiger partial charge in [0, 0.05) is 31.9 Å². The van der Waals surface area contributed by atoms with Crippen molar-refractivity contribution in [1.82, 2.24) is 9.21 Å². The normalized spacial score (nSPS) is 24.7. The topological polar surface area (TPSA) is 69.7 Å². The summed E-state index contributed by atoms with van der Waals surface area (Å²) in [6.45, 7) is 13.9. The monoisotopic (exact) mass is 419 g/mol. The standard InChI is InChI=1S/C22H33N3O3S/c1-6-24-11-13-25(14-12-24)29(27,28)18-9-7-17(8-10-18)23-21(26)20-19(15-16(2)3)22(20,4)5/h7-10,15,19-20H,6,11-14H2,1-5H3,(H,23,26). The van der Waals surface area contributed by atoms with Crippen LogP contribution in [0.1, 0.15) is 34.6 Å². The minimum atomic E-state index is -3.50. The molecule has 2 fully saturated rings. The Labute approximate surface area is 175 Å². The second-order valence-corrected chi connectivity index (χ2v) is 10.9. The molecule has 0 bridgehead atoms. The molecular formula is C22H33N3O3S. The molecular weight excluding hydrogens is 386 g/mol. The number of nitrogens with zero attached hydrogens (tertiary/aromatic N) is 2. The molecule has 1 saturated heterocycles. The van der Waals surface area contributed by atoms with Gasteiger partial charge in [0.2, 0.25) is 15.9 Å². The molecule has 1 aromatic carbocycles. The zero-order valence-electron chi connectivity index (χ0n) is 18.1. The number of piperazine rings is 1. The van der Waals surface area contributed by atoms with Gasteiger partial charge in [-0.2, -0.15) is 4.31 Å². The van der Waals surface area contributed by atoms with E-state index in [1.54, 1.807) is 28.6 Å². The van der Waals surface area contributed by atoms with Gasteiger partial charge in [-0.05, 0) is 56.0 Å². The van der Waals surface area contributed by atoms with Crippen LogP contribution in [0.5, 0.6) is 0 Å². The number of hydrogen-bond donors (Lipinski definition) is 1. The molecule has 1 amide bonds. The van der Waals surface area contributed by atoms with Crippen molar-refractivity contribution in [2.24, 2.45) is 17.3 Å². The maximum atomic E-state index is 12.9. The molecule has 0 radical (unpaired) electrons. The zero-order valence-corrected chi connectivity index (χ0v) is 18.9. The van der Waals surface area contributed by atoms with E-state index in [4.69, 9.17) is 0 Å². The molecule has 160 valence electrons. The van der Waals surface area contributed by atoms with E-state index in [1.165, 1.54) is 5.57 Å². The first-order valence-corrected chi connectivity index (χ1v) is 11.8. The zero-order chi connectivity index (χ0) is 21.4. The fourth-order valence-corrected chi connectivity index (χ4v) is 5.64. The van der Waals surface area contributed by atoms with Crippen LogP contribution in [-0.2, 0) is 14.8 Å². The summed E-state index contributed by atoms with van der Waals surface area (Å²) < 4.78 is 27.3. The Bertz CT molecular complexity index is 878. The minimum Gasteiger partial charge on any atom is -0.326 e. The lowest BCUT2D eigenvalue weighted by Gasteiger charge is -2.33. The van der Waals surface area contributed by atoms with E-state index in [0.717, 1.165) is 19.6 Å². The second-order valence-electron chi connectivity index (χ2n) is 8.92. The number of rotatable bonds is 6. The van der Waals surface area contributed by atoms with Gasteiger partial charge < -0.3 is 10.2 Å². The largest absolute Gasteiger partial charge is 0.326 e. The number of carbonyl (C=O) groups is 1. The van der Waals surface area contributed by atoms with Crippen molar-refractivity contribution in [1.29, 1.82) is 0 Å². The van der Waals surface area contributed by atoms with Crippen molar-refractivity contribution in [3.05, 3.63) is 35.9 Å². The van der Waals surface area contributed by atoms with Gasteiger partial charge >= 0.3 is 0 Å². The van der Waals surface area contributed by atoms with Crippen LogP contribution >= 0.6 is 0 Å². The molecule has 1 aromatic rings. The summed E-state index contributed by atoms with van der Waals surface area (Å²) in [5.74, 6) is 0.174. The van der Waals surface area contributed by atoms with Crippen molar-refractivity contribution >= 4 is 21.6 Å². The van der Waals surface area contributed by atoms with Gasteiger partial charge in [-0.15, -0.1) is 0 Å². The molecule has 1 aliphatic heterocycles. The van der Waals surface area contributed by atoms with E-state index in [2.05, 4.69) is 37.1 Å². The van der Waals surface area contributed by atoms with Gasteiger partial charge in [-0.3, -0.25) is 4.79 Å². The highest BCUT2D eigenvalue weighted by Crippen LogP contribution is 2.59. The lowest BCUT2D eigenvalue weighted by atomic mass is 10.1. The molecule has 6 nitrogen and oxygen atoms in total. The van der Waals surface area contributed by atoms with E-state index in [1.807, 2.05) is 13.8 Å². The maximum absolute atomic E-state index is 12.9. The van der Waals surface area contributed by atoms with E-state index in [9.17, 15) is 13.2 Å². The lowest BCUT2D eigenvalue weighted by molar-refractivity contribution is -0.118. The third-order valence-electron chi connectivity index (χ3n) is 6.24. The average molecular weight is 420 g/mol. The summed E-state index contributed by atoms with van der Waals surface area (Å²) in [5, 5.41) is 2.95. The number of allylic oxidation sites excluding steroid dienone is 2. The number of sulfonamides is 1. The smallest absolute Gasteiger partial charge is 0.243 e. The number of amides is 1. The van der Waals surface area contributed by atoms with Crippen LogP contribution < -0.4 is 5.32 Å². The Hall–Kier alpha value is -1.70. The Morgan fingerprint density at radius 1 is 1.14 bits per heavy atom. The summed E-state index contributed by atoms with van der Waals surface area (Å²) in [4.78, 5) is 15.2. The predicted octanol–water partition coefficient (Wildman–Crippen LogP) is 3.19. The molecule has 1 N–H and O–H groups in total. The molecule has 2 atom stereocenters. The van der Waals surface area contributed by atoms with Crippen LogP contribution in [0.25, 0.3) is 0 Å². The highest BCUT2D eigenvalue weighted by atomic mass is 32.2. The quantitative estimate of drug-likeness (QED) is 0.719. The average Bonchev–Trinajstić information content (AvgIpc) is 3.21. The number of anilines is 1. The van der Waals surface area contributed by atoms with Crippen molar-refractivity contribution in [3.8, 4) is 0 Å². The number of carbonyl (C=O) groups excluding carboxylic acids is 1. The summed E-state index contributed by atoms with van der Waals surface area (Å²) in [6.07, 6.45) is 2.16. The number of hydrogen-bond acceptors (Lipinski definition) is 4. The summed E-state index contributed by atoms with van der Waals surface area (Å²) in [7, 11) is -3.50. The number of nitrogens with one attached hydrogen (secondary N) is 1. The van der Waals surface area contributed by atoms with Crippen LogP contribution in [0.15, 0.2) is 40.8 Å². The van der Waals surface area contributed by atoms with E-state index >= 15 is 0 Å². The van der Waals surface area contributed by atoms with E-state index in [0.29, 0.717) is 18.8 Å². The first kappa shape index (κ1) is 22.0. The van der Waals surface area contributed by atoms with Gasteiger partial charge in [-0.1, -0.05) is 32.4 Å². The fourth-order valence-electron chi connectivity index (χ4n) is 4.21. The Morgan fingerprint density at radius 2 is 1.72 bits per heavy atom. The summed E-state index contributed by atoms with van der Waals surface area (Å²) in [6, 6.07) is 6.53. The SMILES string of the molecule is CCN1CCN(S(=O)(=O)c2ccc(NC(=O)C3C(C=C(C)C)C3(C)C)cc2)CC1. The summed E-state index contributed by atoms with van der Waals surface area (Å²) >= 11 is 0. The molecule has 3 rings (SSSR count). The highest BCUT2D eigenvalue weighted by Gasteiger charge is 2.60. The third-order valence-corrected chi connectivity index (χ3v) is 8.16. The van der Waals surface area contributed by atoms with Crippen LogP contribution in [-0.4, -0.2) is 56.3 Å². The Kier molecular flexibility index (Phi) is 6.22. The first-order valence-electron chi connectivity index (χ1n) is 10.4. The molecule has 1 aliphatic carbocycles. The molecule has 0 spiro atoms. The number of likely N-dealkylation sites (N-methyl/N-ethyl adjacent to an activating group) is 1. The van der Waals surface area contributed by atoms with E-state index < -0.39 is 10.0 Å². The molecule has 2 aliphatic rings. The maximum Gasteiger partial charge on any atom is 0.243 e. The van der Waals surface area contributed by atoms with Crippen molar-refractivity contribution in [2.75, 3.05) is 38.0 Å². The van der Waals surface area contributed by atoms with Crippen LogP contribution in [0, 0.1) is 17.3 Å². The van der Waals surface area contributed by atoms with Gasteiger partial charge in [0.05, 0.1) is 10.8 Å². The molecule has 0 aromatic heterocycles. The lowest BCUT2D eigenvalue weighted by Crippen LogP contribution is -2.48. The van der Waals surface area contributed by atoms with Crippen LogP contribution in [0.3, 0.4) is 0 Å². The Morgan fingerprint density at radius 3 is 2.24 bits per heavy atom. The molecule has 7 heteroatoms. The predicted molar refractivity (Wildman–Crippen MR) is 116 cm³/mol. The molecule has 1 heterocycles. The summed E-state index contributed by atoms with van der Waals surface area (Å²) in [5.41, 5.74) is 1.79. The van der Waals surface area contributed by atoms with Crippen molar-refractivity contribution in [3.63, 3.8) is 0 Å². The molecule has 29 heavy (non-hydrogen) atoms. The van der Waals surface area contributed by atoms with Gasteiger partial charge in [0.15, 0.2) is 0 Å². The minimum absolute atomic E-state index is 0.0104. The van der Waals surface area contributed by atoms with Gasteiger partial charge in [0.25, 0.3) is 0 Å². The Balaban J connectivity index is 1.65. The molecule has 1 saturated carbocycles. The van der Waals surface area contributed by atoms with Crippen LogP contribution in [0.4, 0.5) is 5.69 Å². The second kappa shape index (κ2) is 8.20. The highest BCUT2D eigenvalue weighted by molar-refractivity contribution is 7.89. The first-order chi connectivity index (χ1) is 13.6. The fraction of sp³-hybridized carbons (Fsp3) is 0.591. The van der Waals surface area contributed by atoms with Crippen molar-refractivity contribution in [2.45, 2.75) is 39.5 Å². The van der Waals surface area contributed by atoms with Gasteiger partial charge in [-0.25, -0.2) is 8.42 Å².